The van der Waals surface area contributed by atoms with Gasteiger partial charge in [0.25, 0.3) is 0 Å². The molecule has 3 rings (SSSR count). The van der Waals surface area contributed by atoms with Crippen molar-refractivity contribution in [1.29, 1.82) is 0 Å². The van der Waals surface area contributed by atoms with Crippen LogP contribution in [0.3, 0.4) is 0 Å². The minimum atomic E-state index is -4.33. The third-order valence-electron chi connectivity index (χ3n) is 5.62. The Labute approximate surface area is 164 Å². The minimum absolute atomic E-state index is 0.403. The third-order valence-corrected chi connectivity index (χ3v) is 5.62. The van der Waals surface area contributed by atoms with Gasteiger partial charge >= 0.3 is 6.18 Å². The molecule has 0 spiro atoms. The Balaban J connectivity index is 1.63. The van der Waals surface area contributed by atoms with Crippen molar-refractivity contribution < 1.29 is 17.9 Å². The van der Waals surface area contributed by atoms with E-state index in [1.54, 1.807) is 7.11 Å². The van der Waals surface area contributed by atoms with Crippen molar-refractivity contribution in [3.63, 3.8) is 0 Å². The van der Waals surface area contributed by atoms with Crippen LogP contribution < -0.4 is 4.74 Å². The normalized spacial score (nSPS) is 20.9. The van der Waals surface area contributed by atoms with Crippen LogP contribution in [-0.4, -0.2) is 29.6 Å². The number of benzene rings is 1. The summed E-state index contributed by atoms with van der Waals surface area (Å²) in [5.74, 6) is 1.40. The Morgan fingerprint density at radius 1 is 1.14 bits per heavy atom. The average Bonchev–Trinajstić information content (AvgIpc) is 2.68. The SMILES string of the molecule is COc1ccc(CN2CCC[C@@H](C)[C@H]2CCc2ccc(C(F)(F)F)cn2)cc1. The van der Waals surface area contributed by atoms with Gasteiger partial charge in [0.15, 0.2) is 0 Å². The Bertz CT molecular complexity index is 744. The van der Waals surface area contributed by atoms with Gasteiger partial charge in [-0.05, 0) is 68.0 Å². The molecule has 152 valence electrons. The van der Waals surface area contributed by atoms with Crippen molar-refractivity contribution in [1.82, 2.24) is 9.88 Å². The smallest absolute Gasteiger partial charge is 0.417 e. The van der Waals surface area contributed by atoms with E-state index >= 15 is 0 Å². The van der Waals surface area contributed by atoms with Crippen molar-refractivity contribution in [3.05, 3.63) is 59.4 Å². The first-order valence-corrected chi connectivity index (χ1v) is 9.76. The number of methoxy groups -OCH3 is 1. The molecule has 0 amide bonds. The molecule has 0 N–H and O–H groups in total. The quantitative estimate of drug-likeness (QED) is 0.663. The highest BCUT2D eigenvalue weighted by molar-refractivity contribution is 5.27. The maximum atomic E-state index is 12.7. The van der Waals surface area contributed by atoms with Gasteiger partial charge in [0, 0.05) is 24.5 Å². The van der Waals surface area contributed by atoms with Crippen LogP contribution in [-0.2, 0) is 19.1 Å². The number of alkyl halides is 3. The molecule has 2 atom stereocenters. The van der Waals surface area contributed by atoms with Gasteiger partial charge in [0.05, 0.1) is 12.7 Å². The Hall–Kier alpha value is -2.08. The molecule has 3 nitrogen and oxygen atoms in total. The molecule has 28 heavy (non-hydrogen) atoms. The van der Waals surface area contributed by atoms with Gasteiger partial charge in [-0.1, -0.05) is 19.1 Å². The van der Waals surface area contributed by atoms with Crippen molar-refractivity contribution in [2.45, 2.75) is 51.4 Å². The highest BCUT2D eigenvalue weighted by Crippen LogP contribution is 2.30. The van der Waals surface area contributed by atoms with E-state index in [4.69, 9.17) is 4.74 Å². The van der Waals surface area contributed by atoms with Crippen molar-refractivity contribution >= 4 is 0 Å². The van der Waals surface area contributed by atoms with Crippen LogP contribution in [0.4, 0.5) is 13.2 Å². The molecule has 0 radical (unpaired) electrons. The standard InChI is InChI=1S/C22H27F3N2O/c1-16-4-3-13-27(15-17-5-10-20(28-2)11-6-17)21(16)12-9-19-8-7-18(14-26-19)22(23,24)25/h5-8,10-11,14,16,21H,3-4,9,12-13,15H2,1-2H3/t16-,21-/m1/s1. The highest BCUT2D eigenvalue weighted by atomic mass is 19.4. The summed E-state index contributed by atoms with van der Waals surface area (Å²) in [5.41, 5.74) is 1.27. The molecule has 1 aliphatic rings. The zero-order valence-electron chi connectivity index (χ0n) is 16.4. The molecule has 0 bridgehead atoms. The Morgan fingerprint density at radius 3 is 2.50 bits per heavy atom. The van der Waals surface area contributed by atoms with Crippen molar-refractivity contribution in [2.24, 2.45) is 5.92 Å². The molecule has 6 heteroatoms. The fourth-order valence-electron chi connectivity index (χ4n) is 4.00. The summed E-state index contributed by atoms with van der Waals surface area (Å²) < 4.78 is 43.3. The van der Waals surface area contributed by atoms with Crippen LogP contribution in [0.15, 0.2) is 42.6 Å². The number of aryl methyl sites for hydroxylation is 1. The number of halogens is 3. The summed E-state index contributed by atoms with van der Waals surface area (Å²) in [7, 11) is 1.66. The summed E-state index contributed by atoms with van der Waals surface area (Å²) in [6.07, 6.45) is 0.547. The fraction of sp³-hybridized carbons (Fsp3) is 0.500. The van der Waals surface area contributed by atoms with E-state index in [0.29, 0.717) is 18.4 Å². The van der Waals surface area contributed by atoms with Gasteiger partial charge < -0.3 is 4.74 Å². The number of likely N-dealkylation sites (tertiary alicyclic amines) is 1. The third kappa shape index (κ3) is 5.25. The van der Waals surface area contributed by atoms with E-state index in [-0.39, 0.29) is 0 Å². The lowest BCUT2D eigenvalue weighted by molar-refractivity contribution is -0.137. The first-order chi connectivity index (χ1) is 13.4. The second-order valence-corrected chi connectivity index (χ2v) is 7.58. The average molecular weight is 392 g/mol. The first-order valence-electron chi connectivity index (χ1n) is 9.76. The number of hydrogen-bond acceptors (Lipinski definition) is 3. The molecular weight excluding hydrogens is 365 g/mol. The summed E-state index contributed by atoms with van der Waals surface area (Å²) in [5, 5.41) is 0. The molecule has 1 aromatic heterocycles. The second-order valence-electron chi connectivity index (χ2n) is 7.58. The van der Waals surface area contributed by atoms with Crippen LogP contribution in [0, 0.1) is 5.92 Å². The van der Waals surface area contributed by atoms with E-state index in [2.05, 4.69) is 28.9 Å². The zero-order chi connectivity index (χ0) is 20.1. The molecule has 2 heterocycles. The van der Waals surface area contributed by atoms with Gasteiger partial charge in [-0.25, -0.2) is 0 Å². The number of pyridine rings is 1. The molecule has 1 aliphatic heterocycles. The van der Waals surface area contributed by atoms with Gasteiger partial charge in [0.1, 0.15) is 5.75 Å². The van der Waals surface area contributed by atoms with E-state index < -0.39 is 11.7 Å². The second kappa shape index (κ2) is 8.95. The summed E-state index contributed by atoms with van der Waals surface area (Å²) in [6, 6.07) is 11.2. The number of aromatic nitrogens is 1. The predicted octanol–water partition coefficient (Wildman–Crippen LogP) is 5.34. The maximum absolute atomic E-state index is 12.7. The van der Waals surface area contributed by atoms with E-state index in [1.807, 2.05) is 12.1 Å². The lowest BCUT2D eigenvalue weighted by Crippen LogP contribution is -2.44. The number of rotatable bonds is 6. The van der Waals surface area contributed by atoms with E-state index in [9.17, 15) is 13.2 Å². The van der Waals surface area contributed by atoms with Crippen LogP contribution in [0.5, 0.6) is 5.75 Å². The van der Waals surface area contributed by atoms with Gasteiger partial charge in [-0.3, -0.25) is 9.88 Å². The van der Waals surface area contributed by atoms with Crippen LogP contribution in [0.1, 0.15) is 43.0 Å². The topological polar surface area (TPSA) is 25.4 Å². The highest BCUT2D eigenvalue weighted by Gasteiger charge is 2.31. The fourth-order valence-corrected chi connectivity index (χ4v) is 4.00. The summed E-state index contributed by atoms with van der Waals surface area (Å²) in [6.45, 7) is 4.19. The minimum Gasteiger partial charge on any atom is -0.497 e. The number of piperidine rings is 1. The lowest BCUT2D eigenvalue weighted by Gasteiger charge is -2.40. The first kappa shape index (κ1) is 20.6. The molecule has 0 unspecified atom stereocenters. The maximum Gasteiger partial charge on any atom is 0.417 e. The van der Waals surface area contributed by atoms with Gasteiger partial charge in [0.2, 0.25) is 0 Å². The number of nitrogens with zero attached hydrogens (tertiary/aromatic N) is 2. The Kier molecular flexibility index (Phi) is 6.60. The van der Waals surface area contributed by atoms with E-state index in [1.165, 1.54) is 24.5 Å². The molecule has 1 fully saturated rings. The van der Waals surface area contributed by atoms with E-state index in [0.717, 1.165) is 43.2 Å². The van der Waals surface area contributed by atoms with Crippen molar-refractivity contribution in [3.8, 4) is 5.75 Å². The molecule has 1 aromatic carbocycles. The monoisotopic (exact) mass is 392 g/mol. The van der Waals surface area contributed by atoms with Gasteiger partial charge in [-0.2, -0.15) is 13.2 Å². The lowest BCUT2D eigenvalue weighted by atomic mass is 9.87. The van der Waals surface area contributed by atoms with Crippen molar-refractivity contribution in [2.75, 3.05) is 13.7 Å². The number of ether oxygens (including phenoxy) is 1. The molecular formula is C22H27F3N2O. The summed E-state index contributed by atoms with van der Waals surface area (Å²) in [4.78, 5) is 6.53. The molecule has 1 saturated heterocycles. The Morgan fingerprint density at radius 2 is 1.89 bits per heavy atom. The predicted molar refractivity (Wildman–Crippen MR) is 103 cm³/mol. The largest absolute Gasteiger partial charge is 0.497 e. The summed E-state index contributed by atoms with van der Waals surface area (Å²) >= 11 is 0. The van der Waals surface area contributed by atoms with Crippen LogP contribution in [0.2, 0.25) is 0 Å². The molecule has 0 aliphatic carbocycles. The molecule has 2 aromatic rings. The zero-order valence-corrected chi connectivity index (χ0v) is 16.4. The van der Waals surface area contributed by atoms with Crippen LogP contribution >= 0.6 is 0 Å². The van der Waals surface area contributed by atoms with Gasteiger partial charge in [-0.15, -0.1) is 0 Å². The number of hydrogen-bond donors (Lipinski definition) is 0. The van der Waals surface area contributed by atoms with Crippen LogP contribution in [0.25, 0.3) is 0 Å². The molecule has 0 saturated carbocycles.